The van der Waals surface area contributed by atoms with Crippen LogP contribution in [-0.2, 0) is 32.1 Å². The number of aliphatic carboxylic acids is 2. The Morgan fingerprint density at radius 3 is 1.76 bits per heavy atom. The van der Waals surface area contributed by atoms with Crippen LogP contribution in [0.4, 0.5) is 0 Å². The molecular weight excluding hydrogens is 424 g/mol. The number of carbonyl (C=O) groups is 4. The molecule has 1 unspecified atom stereocenters. The van der Waals surface area contributed by atoms with Crippen LogP contribution >= 0.6 is 0 Å². The molecule has 0 heterocycles. The van der Waals surface area contributed by atoms with E-state index in [4.69, 9.17) is 0 Å². The lowest BCUT2D eigenvalue weighted by atomic mass is 9.74. The lowest BCUT2D eigenvalue weighted by molar-refractivity contribution is -0.150. The third-order valence-electron chi connectivity index (χ3n) is 6.00. The molecule has 0 radical (unpaired) electrons. The highest BCUT2D eigenvalue weighted by atomic mass is 16.4. The number of hydrogen-bond donors (Lipinski definition) is 4. The molecule has 0 aliphatic heterocycles. The molecule has 33 heavy (non-hydrogen) atoms. The molecular formula is C25H28N2O6. The maximum atomic E-state index is 13.0. The first-order chi connectivity index (χ1) is 15.8. The largest absolute Gasteiger partial charge is 0.481 e. The smallest absolute Gasteiger partial charge is 0.306 e. The summed E-state index contributed by atoms with van der Waals surface area (Å²) in [6.07, 6.45) is 0.355. The molecule has 1 aliphatic rings. The van der Waals surface area contributed by atoms with Gasteiger partial charge in [0, 0.05) is 18.9 Å². The minimum Gasteiger partial charge on any atom is -0.481 e. The zero-order valence-electron chi connectivity index (χ0n) is 18.1. The fraction of sp³-hybridized carbons (Fsp3) is 0.360. The highest BCUT2D eigenvalue weighted by Crippen LogP contribution is 2.34. The highest BCUT2D eigenvalue weighted by molar-refractivity contribution is 5.89. The van der Waals surface area contributed by atoms with Crippen molar-refractivity contribution in [2.75, 3.05) is 0 Å². The maximum absolute atomic E-state index is 13.0. The van der Waals surface area contributed by atoms with Crippen molar-refractivity contribution < 1.29 is 29.4 Å². The molecule has 2 aromatic carbocycles. The van der Waals surface area contributed by atoms with E-state index in [9.17, 15) is 29.4 Å². The summed E-state index contributed by atoms with van der Waals surface area (Å²) >= 11 is 0. The first-order valence-electron chi connectivity index (χ1n) is 10.9. The van der Waals surface area contributed by atoms with Gasteiger partial charge in [-0.25, -0.2) is 0 Å². The Labute approximate surface area is 192 Å². The minimum atomic E-state index is -1.11. The van der Waals surface area contributed by atoms with Gasteiger partial charge < -0.3 is 20.8 Å². The van der Waals surface area contributed by atoms with Crippen molar-refractivity contribution in [2.45, 2.75) is 38.3 Å². The molecule has 8 nitrogen and oxygen atoms in total. The van der Waals surface area contributed by atoms with Gasteiger partial charge in [-0.05, 0) is 30.4 Å². The number of amides is 2. The van der Waals surface area contributed by atoms with E-state index in [1.807, 2.05) is 60.7 Å². The number of nitrogens with one attached hydrogen (secondary N) is 2. The van der Waals surface area contributed by atoms with E-state index in [1.54, 1.807) is 0 Å². The predicted molar refractivity (Wildman–Crippen MR) is 120 cm³/mol. The van der Waals surface area contributed by atoms with Gasteiger partial charge in [0.2, 0.25) is 11.8 Å². The number of benzene rings is 2. The molecule has 1 aliphatic carbocycles. The third kappa shape index (κ3) is 6.90. The van der Waals surface area contributed by atoms with Crippen molar-refractivity contribution in [3.05, 3.63) is 71.8 Å². The SMILES string of the molecule is O=C(N[C@@H](Cc1ccccc1)C(=O)NCc1ccccc1)C1C[C@@H](C(=O)O)C[C@@H](C(=O)O)C1. The van der Waals surface area contributed by atoms with Crippen LogP contribution in [0, 0.1) is 17.8 Å². The second-order valence-corrected chi connectivity index (χ2v) is 8.43. The Hall–Kier alpha value is -3.68. The lowest BCUT2D eigenvalue weighted by Gasteiger charge is -2.31. The van der Waals surface area contributed by atoms with Crippen molar-refractivity contribution in [3.63, 3.8) is 0 Å². The zero-order valence-corrected chi connectivity index (χ0v) is 18.1. The lowest BCUT2D eigenvalue weighted by Crippen LogP contribution is -2.50. The summed E-state index contributed by atoms with van der Waals surface area (Å²) in [5.41, 5.74) is 1.77. The summed E-state index contributed by atoms with van der Waals surface area (Å²) < 4.78 is 0. The quantitative estimate of drug-likeness (QED) is 0.461. The molecule has 8 heteroatoms. The van der Waals surface area contributed by atoms with Crippen LogP contribution < -0.4 is 10.6 Å². The molecule has 0 aromatic heterocycles. The van der Waals surface area contributed by atoms with Crippen LogP contribution in [0.15, 0.2) is 60.7 Å². The highest BCUT2D eigenvalue weighted by Gasteiger charge is 2.39. The summed E-state index contributed by atoms with van der Waals surface area (Å²) in [6.45, 7) is 0.298. The molecule has 174 valence electrons. The maximum Gasteiger partial charge on any atom is 0.306 e. The van der Waals surface area contributed by atoms with E-state index in [0.29, 0.717) is 6.54 Å². The Morgan fingerprint density at radius 1 is 0.758 bits per heavy atom. The van der Waals surface area contributed by atoms with Gasteiger partial charge in [0.1, 0.15) is 6.04 Å². The Bertz CT molecular complexity index is 957. The van der Waals surface area contributed by atoms with Crippen molar-refractivity contribution in [3.8, 4) is 0 Å². The number of carbonyl (C=O) groups excluding carboxylic acids is 2. The van der Waals surface area contributed by atoms with Gasteiger partial charge >= 0.3 is 11.9 Å². The molecule has 0 spiro atoms. The molecule has 1 fully saturated rings. The van der Waals surface area contributed by atoms with Gasteiger partial charge in [-0.1, -0.05) is 60.7 Å². The fourth-order valence-corrected chi connectivity index (χ4v) is 4.19. The van der Waals surface area contributed by atoms with Gasteiger partial charge in [-0.15, -0.1) is 0 Å². The van der Waals surface area contributed by atoms with Gasteiger partial charge in [0.05, 0.1) is 11.8 Å². The van der Waals surface area contributed by atoms with Gasteiger partial charge in [-0.2, -0.15) is 0 Å². The molecule has 4 N–H and O–H groups in total. The number of carboxylic acids is 2. The summed E-state index contributed by atoms with van der Waals surface area (Å²) in [5.74, 6) is -5.69. The van der Waals surface area contributed by atoms with Crippen LogP contribution in [0.2, 0.25) is 0 Å². The summed E-state index contributed by atoms with van der Waals surface area (Å²) in [6, 6.07) is 17.7. The molecule has 0 saturated heterocycles. The van der Waals surface area contributed by atoms with E-state index >= 15 is 0 Å². The third-order valence-corrected chi connectivity index (χ3v) is 6.00. The summed E-state index contributed by atoms with van der Waals surface area (Å²) in [7, 11) is 0. The summed E-state index contributed by atoms with van der Waals surface area (Å²) in [4.78, 5) is 49.0. The molecule has 3 rings (SSSR count). The first-order valence-corrected chi connectivity index (χ1v) is 10.9. The van der Waals surface area contributed by atoms with Crippen LogP contribution in [-0.4, -0.2) is 40.0 Å². The van der Waals surface area contributed by atoms with E-state index in [0.717, 1.165) is 11.1 Å². The van der Waals surface area contributed by atoms with E-state index in [-0.39, 0.29) is 31.6 Å². The normalized spacial score (nSPS) is 20.9. The minimum absolute atomic E-state index is 0.000543. The monoisotopic (exact) mass is 452 g/mol. The second-order valence-electron chi connectivity index (χ2n) is 8.43. The van der Waals surface area contributed by atoms with Crippen molar-refractivity contribution in [1.29, 1.82) is 0 Å². The molecule has 0 bridgehead atoms. The molecule has 2 aromatic rings. The predicted octanol–water partition coefficient (Wildman–Crippen LogP) is 2.23. The standard InChI is InChI=1S/C25H28N2O6/c28-22(18-12-19(24(30)31)14-20(13-18)25(32)33)27-21(11-16-7-3-1-4-8-16)23(29)26-15-17-9-5-2-6-10-17/h1-10,18-21H,11-15H2,(H,26,29)(H,27,28)(H,30,31)(H,32,33)/t18?,19-,20+,21-/m0/s1. The molecule has 2 amide bonds. The second kappa shape index (κ2) is 11.3. The zero-order chi connectivity index (χ0) is 23.8. The van der Waals surface area contributed by atoms with Crippen LogP contribution in [0.1, 0.15) is 30.4 Å². The Morgan fingerprint density at radius 2 is 1.24 bits per heavy atom. The topological polar surface area (TPSA) is 133 Å². The summed E-state index contributed by atoms with van der Waals surface area (Å²) in [5, 5.41) is 24.4. The molecule has 1 saturated carbocycles. The van der Waals surface area contributed by atoms with E-state index in [2.05, 4.69) is 10.6 Å². The fourth-order valence-electron chi connectivity index (χ4n) is 4.19. The number of carboxylic acid groups (broad SMARTS) is 2. The van der Waals surface area contributed by atoms with Gasteiger partial charge in [0.25, 0.3) is 0 Å². The van der Waals surface area contributed by atoms with Crippen LogP contribution in [0.3, 0.4) is 0 Å². The van der Waals surface area contributed by atoms with E-state index in [1.165, 1.54) is 0 Å². The molecule has 4 atom stereocenters. The average molecular weight is 453 g/mol. The van der Waals surface area contributed by atoms with E-state index < -0.39 is 41.6 Å². The van der Waals surface area contributed by atoms with Crippen LogP contribution in [0.25, 0.3) is 0 Å². The van der Waals surface area contributed by atoms with Crippen molar-refractivity contribution >= 4 is 23.8 Å². The van der Waals surface area contributed by atoms with Gasteiger partial charge in [0.15, 0.2) is 0 Å². The van der Waals surface area contributed by atoms with Crippen molar-refractivity contribution in [2.24, 2.45) is 17.8 Å². The first kappa shape index (κ1) is 24.0. The average Bonchev–Trinajstić information content (AvgIpc) is 2.83. The van der Waals surface area contributed by atoms with Gasteiger partial charge in [-0.3, -0.25) is 19.2 Å². The van der Waals surface area contributed by atoms with Crippen LogP contribution in [0.5, 0.6) is 0 Å². The number of hydrogen-bond acceptors (Lipinski definition) is 4. The Balaban J connectivity index is 1.72. The number of rotatable bonds is 9. The Kier molecular flexibility index (Phi) is 8.18. The van der Waals surface area contributed by atoms with Crippen molar-refractivity contribution in [1.82, 2.24) is 10.6 Å².